The fourth-order valence-corrected chi connectivity index (χ4v) is 3.29. The van der Waals surface area contributed by atoms with Crippen LogP contribution in [0, 0.1) is 22.0 Å². The van der Waals surface area contributed by atoms with Crippen LogP contribution in [0.4, 0.5) is 5.69 Å². The molecule has 1 saturated carbocycles. The average Bonchev–Trinajstić information content (AvgIpc) is 2.78. The Morgan fingerprint density at radius 3 is 2.86 bits per heavy atom. The van der Waals surface area contributed by atoms with Gasteiger partial charge in [-0.2, -0.15) is 0 Å². The van der Waals surface area contributed by atoms with Crippen LogP contribution in [0.15, 0.2) is 12.3 Å². The van der Waals surface area contributed by atoms with E-state index in [1.54, 1.807) is 0 Å². The third-order valence-electron chi connectivity index (χ3n) is 4.37. The van der Waals surface area contributed by atoms with Crippen molar-refractivity contribution in [3.63, 3.8) is 0 Å². The van der Waals surface area contributed by atoms with Gasteiger partial charge in [0.25, 0.3) is 5.91 Å². The zero-order valence-electron chi connectivity index (χ0n) is 12.0. The highest BCUT2D eigenvalue weighted by molar-refractivity contribution is 6.32. The highest BCUT2D eigenvalue weighted by atomic mass is 35.5. The summed E-state index contributed by atoms with van der Waals surface area (Å²) in [5, 5.41) is 13.7. The SMILES string of the molecule is CCC1CCC(NC(=O)c2ccnc(Cl)c2[N+](=O)[O-])C1C. The highest BCUT2D eigenvalue weighted by Gasteiger charge is 2.34. The molecule has 0 aromatic carbocycles. The molecule has 1 N–H and O–H groups in total. The van der Waals surface area contributed by atoms with Crippen LogP contribution in [-0.4, -0.2) is 21.9 Å². The average molecular weight is 312 g/mol. The lowest BCUT2D eigenvalue weighted by Gasteiger charge is -2.21. The molecular weight excluding hydrogens is 294 g/mol. The van der Waals surface area contributed by atoms with Crippen molar-refractivity contribution in [1.29, 1.82) is 0 Å². The van der Waals surface area contributed by atoms with E-state index in [4.69, 9.17) is 11.6 Å². The van der Waals surface area contributed by atoms with Crippen molar-refractivity contribution in [3.05, 3.63) is 33.1 Å². The maximum Gasteiger partial charge on any atom is 0.319 e. The Labute approximate surface area is 128 Å². The van der Waals surface area contributed by atoms with Crippen LogP contribution in [0.3, 0.4) is 0 Å². The zero-order chi connectivity index (χ0) is 15.6. The second-order valence-electron chi connectivity index (χ2n) is 5.44. The monoisotopic (exact) mass is 311 g/mol. The summed E-state index contributed by atoms with van der Waals surface area (Å²) in [4.78, 5) is 26.4. The molecular formula is C14H18ClN3O3. The van der Waals surface area contributed by atoms with Gasteiger partial charge in [0.1, 0.15) is 5.56 Å². The molecule has 1 aliphatic rings. The van der Waals surface area contributed by atoms with Crippen molar-refractivity contribution >= 4 is 23.2 Å². The van der Waals surface area contributed by atoms with Gasteiger partial charge in [0.2, 0.25) is 5.15 Å². The molecule has 1 aromatic rings. The van der Waals surface area contributed by atoms with E-state index in [0.29, 0.717) is 11.8 Å². The summed E-state index contributed by atoms with van der Waals surface area (Å²) >= 11 is 5.73. The number of nitrogens with zero attached hydrogens (tertiary/aromatic N) is 2. The lowest BCUT2D eigenvalue weighted by atomic mass is 9.93. The zero-order valence-corrected chi connectivity index (χ0v) is 12.8. The van der Waals surface area contributed by atoms with E-state index in [-0.39, 0.29) is 16.8 Å². The molecule has 6 nitrogen and oxygen atoms in total. The number of nitro groups is 1. The van der Waals surface area contributed by atoms with Crippen LogP contribution in [0.5, 0.6) is 0 Å². The van der Waals surface area contributed by atoms with Gasteiger partial charge in [0, 0.05) is 12.2 Å². The van der Waals surface area contributed by atoms with Crippen LogP contribution in [0.2, 0.25) is 5.15 Å². The molecule has 114 valence electrons. The van der Waals surface area contributed by atoms with Crippen LogP contribution >= 0.6 is 11.6 Å². The number of nitrogens with one attached hydrogen (secondary N) is 1. The maximum atomic E-state index is 12.3. The molecule has 3 unspecified atom stereocenters. The molecule has 1 heterocycles. The van der Waals surface area contributed by atoms with Crippen molar-refractivity contribution in [2.75, 3.05) is 0 Å². The number of halogens is 1. The molecule has 0 aliphatic heterocycles. The van der Waals surface area contributed by atoms with Gasteiger partial charge in [-0.25, -0.2) is 4.98 Å². The molecule has 0 radical (unpaired) electrons. The lowest BCUT2D eigenvalue weighted by Crippen LogP contribution is -2.37. The van der Waals surface area contributed by atoms with E-state index in [0.717, 1.165) is 19.3 Å². The van der Waals surface area contributed by atoms with Gasteiger partial charge < -0.3 is 5.32 Å². The predicted molar refractivity (Wildman–Crippen MR) is 79.3 cm³/mol. The Hall–Kier alpha value is -1.69. The van der Waals surface area contributed by atoms with Gasteiger partial charge in [0.15, 0.2) is 0 Å². The normalized spacial score (nSPS) is 24.8. The number of pyridine rings is 1. The molecule has 0 saturated heterocycles. The summed E-state index contributed by atoms with van der Waals surface area (Å²) in [6.45, 7) is 4.25. The fraction of sp³-hybridized carbons (Fsp3) is 0.571. The van der Waals surface area contributed by atoms with E-state index in [1.165, 1.54) is 12.3 Å². The van der Waals surface area contributed by atoms with Crippen molar-refractivity contribution in [2.45, 2.75) is 39.2 Å². The summed E-state index contributed by atoms with van der Waals surface area (Å²) in [7, 11) is 0. The Kier molecular flexibility index (Phi) is 4.77. The standard InChI is InChI=1S/C14H18ClN3O3/c1-3-9-4-5-11(8(9)2)17-14(19)10-6-7-16-13(15)12(10)18(20)21/h6-9,11H,3-5H2,1-2H3,(H,17,19). The Balaban J connectivity index is 2.19. The largest absolute Gasteiger partial charge is 0.349 e. The van der Waals surface area contributed by atoms with Gasteiger partial charge >= 0.3 is 5.69 Å². The summed E-state index contributed by atoms with van der Waals surface area (Å²) in [5.74, 6) is 0.501. The molecule has 21 heavy (non-hydrogen) atoms. The van der Waals surface area contributed by atoms with E-state index >= 15 is 0 Å². The quantitative estimate of drug-likeness (QED) is 0.525. The first-order chi connectivity index (χ1) is 9.95. The third kappa shape index (κ3) is 3.15. The van der Waals surface area contributed by atoms with Gasteiger partial charge in [0.05, 0.1) is 4.92 Å². The van der Waals surface area contributed by atoms with Gasteiger partial charge in [-0.1, -0.05) is 31.9 Å². The van der Waals surface area contributed by atoms with Crippen LogP contribution < -0.4 is 5.32 Å². The summed E-state index contributed by atoms with van der Waals surface area (Å²) in [6, 6.07) is 1.38. The molecule has 0 bridgehead atoms. The molecule has 0 spiro atoms. The van der Waals surface area contributed by atoms with Gasteiger partial charge in [-0.3, -0.25) is 14.9 Å². The molecule has 1 aromatic heterocycles. The topological polar surface area (TPSA) is 85.1 Å². The van der Waals surface area contributed by atoms with Crippen molar-refractivity contribution in [3.8, 4) is 0 Å². The van der Waals surface area contributed by atoms with E-state index in [1.807, 2.05) is 0 Å². The molecule has 2 rings (SSSR count). The second-order valence-corrected chi connectivity index (χ2v) is 5.80. The molecule has 7 heteroatoms. The van der Waals surface area contributed by atoms with Crippen molar-refractivity contribution in [2.24, 2.45) is 11.8 Å². The summed E-state index contributed by atoms with van der Waals surface area (Å²) in [6.07, 6.45) is 4.35. The first-order valence-electron chi connectivity index (χ1n) is 7.05. The fourth-order valence-electron chi connectivity index (χ4n) is 3.06. The minimum absolute atomic E-state index is 0.0350. The molecule has 1 aliphatic carbocycles. The van der Waals surface area contributed by atoms with Gasteiger partial charge in [-0.15, -0.1) is 0 Å². The highest BCUT2D eigenvalue weighted by Crippen LogP contribution is 2.34. The number of amides is 1. The van der Waals surface area contributed by atoms with Gasteiger partial charge in [-0.05, 0) is 30.7 Å². The number of carbonyl (C=O) groups is 1. The van der Waals surface area contributed by atoms with Crippen LogP contribution in [0.1, 0.15) is 43.5 Å². The van der Waals surface area contributed by atoms with E-state index in [2.05, 4.69) is 24.1 Å². The summed E-state index contributed by atoms with van der Waals surface area (Å²) in [5.41, 5.74) is -0.471. The third-order valence-corrected chi connectivity index (χ3v) is 4.65. The number of rotatable bonds is 4. The van der Waals surface area contributed by atoms with Crippen molar-refractivity contribution in [1.82, 2.24) is 10.3 Å². The number of carbonyl (C=O) groups excluding carboxylic acids is 1. The number of hydrogen-bond acceptors (Lipinski definition) is 4. The maximum absolute atomic E-state index is 12.3. The van der Waals surface area contributed by atoms with Crippen molar-refractivity contribution < 1.29 is 9.72 Å². The van der Waals surface area contributed by atoms with E-state index < -0.39 is 16.5 Å². The minimum Gasteiger partial charge on any atom is -0.349 e. The lowest BCUT2D eigenvalue weighted by molar-refractivity contribution is -0.385. The predicted octanol–water partition coefficient (Wildman–Crippen LogP) is 3.20. The first kappa shape index (κ1) is 15.7. The Morgan fingerprint density at radius 1 is 1.57 bits per heavy atom. The Morgan fingerprint density at radius 2 is 2.29 bits per heavy atom. The summed E-state index contributed by atoms with van der Waals surface area (Å²) < 4.78 is 0. The molecule has 1 fully saturated rings. The molecule has 3 atom stereocenters. The number of aromatic nitrogens is 1. The smallest absolute Gasteiger partial charge is 0.319 e. The molecule has 1 amide bonds. The van der Waals surface area contributed by atoms with E-state index in [9.17, 15) is 14.9 Å². The Bertz CT molecular complexity index is 564. The van der Waals surface area contributed by atoms with Crippen LogP contribution in [0.25, 0.3) is 0 Å². The second kappa shape index (κ2) is 6.39. The van der Waals surface area contributed by atoms with Crippen LogP contribution in [-0.2, 0) is 0 Å². The first-order valence-corrected chi connectivity index (χ1v) is 7.43. The number of hydrogen-bond donors (Lipinski definition) is 1. The minimum atomic E-state index is -0.669.